The summed E-state index contributed by atoms with van der Waals surface area (Å²) in [6.07, 6.45) is 2.29. The van der Waals surface area contributed by atoms with E-state index in [2.05, 4.69) is 10.4 Å². The highest BCUT2D eigenvalue weighted by Crippen LogP contribution is 2.32. The molecule has 6 nitrogen and oxygen atoms in total. The highest BCUT2D eigenvalue weighted by atomic mass is 35.5. The SMILES string of the molecule is O=C(O)Cc1ccccc1NC(=O)c1nn(-c2ccc(Cl)cc2Cl)c2c1CCC2. The fourth-order valence-electron chi connectivity index (χ4n) is 3.61. The number of nitrogens with zero attached hydrogens (tertiary/aromatic N) is 2. The van der Waals surface area contributed by atoms with Gasteiger partial charge in [0.2, 0.25) is 0 Å². The van der Waals surface area contributed by atoms with Crippen LogP contribution in [-0.2, 0) is 24.1 Å². The maximum atomic E-state index is 13.0. The monoisotopic (exact) mass is 429 g/mol. The van der Waals surface area contributed by atoms with Crippen LogP contribution in [0, 0.1) is 0 Å². The molecule has 1 aliphatic carbocycles. The number of hydrogen-bond donors (Lipinski definition) is 2. The van der Waals surface area contributed by atoms with Crippen molar-refractivity contribution in [2.75, 3.05) is 5.32 Å². The minimum Gasteiger partial charge on any atom is -0.481 e. The second kappa shape index (κ2) is 7.89. The number of carboxylic acids is 1. The molecule has 1 heterocycles. The predicted molar refractivity (Wildman–Crippen MR) is 111 cm³/mol. The average molecular weight is 430 g/mol. The Balaban J connectivity index is 1.70. The number of carbonyl (C=O) groups excluding carboxylic acids is 1. The van der Waals surface area contributed by atoms with E-state index in [4.69, 9.17) is 28.3 Å². The van der Waals surface area contributed by atoms with Crippen LogP contribution >= 0.6 is 23.2 Å². The first-order chi connectivity index (χ1) is 13.9. The van der Waals surface area contributed by atoms with Gasteiger partial charge in [-0.1, -0.05) is 41.4 Å². The van der Waals surface area contributed by atoms with Crippen LogP contribution in [0.4, 0.5) is 5.69 Å². The Hall–Kier alpha value is -2.83. The van der Waals surface area contributed by atoms with Crippen LogP contribution in [0.3, 0.4) is 0 Å². The molecule has 2 aromatic carbocycles. The van der Waals surface area contributed by atoms with E-state index in [-0.39, 0.29) is 12.3 Å². The van der Waals surface area contributed by atoms with Crippen molar-refractivity contribution in [2.24, 2.45) is 0 Å². The van der Waals surface area contributed by atoms with Gasteiger partial charge in [-0.25, -0.2) is 4.68 Å². The number of aliphatic carboxylic acids is 1. The van der Waals surface area contributed by atoms with E-state index < -0.39 is 5.97 Å². The van der Waals surface area contributed by atoms with E-state index >= 15 is 0 Å². The molecule has 0 atom stereocenters. The lowest BCUT2D eigenvalue weighted by Crippen LogP contribution is -2.16. The average Bonchev–Trinajstić information content (AvgIpc) is 3.26. The molecule has 0 aliphatic heterocycles. The van der Waals surface area contributed by atoms with E-state index in [1.165, 1.54) is 0 Å². The second-order valence-electron chi connectivity index (χ2n) is 6.82. The molecule has 29 heavy (non-hydrogen) atoms. The molecule has 0 bridgehead atoms. The van der Waals surface area contributed by atoms with Crippen LogP contribution in [0.25, 0.3) is 5.69 Å². The van der Waals surface area contributed by atoms with E-state index in [0.717, 1.165) is 30.5 Å². The zero-order chi connectivity index (χ0) is 20.5. The number of rotatable bonds is 5. The first-order valence-corrected chi connectivity index (χ1v) is 9.87. The number of fused-ring (bicyclic) bond motifs is 1. The summed E-state index contributed by atoms with van der Waals surface area (Å²) < 4.78 is 1.71. The predicted octanol–water partition coefficient (Wildman–Crippen LogP) is 4.55. The van der Waals surface area contributed by atoms with Crippen molar-refractivity contribution in [2.45, 2.75) is 25.7 Å². The number of nitrogens with one attached hydrogen (secondary N) is 1. The van der Waals surface area contributed by atoms with Gasteiger partial charge in [0.15, 0.2) is 5.69 Å². The summed E-state index contributed by atoms with van der Waals surface area (Å²) in [6, 6.07) is 12.0. The van der Waals surface area contributed by atoms with Crippen molar-refractivity contribution >= 4 is 40.8 Å². The van der Waals surface area contributed by atoms with Gasteiger partial charge < -0.3 is 10.4 Å². The van der Waals surface area contributed by atoms with E-state index in [1.807, 2.05) is 0 Å². The lowest BCUT2D eigenvalue weighted by atomic mass is 10.1. The molecule has 1 amide bonds. The number of halogens is 2. The summed E-state index contributed by atoms with van der Waals surface area (Å²) in [6.45, 7) is 0. The molecule has 8 heteroatoms. The Kier molecular flexibility index (Phi) is 5.30. The normalized spacial score (nSPS) is 12.6. The Labute approximate surface area is 177 Å². The van der Waals surface area contributed by atoms with Crippen molar-refractivity contribution in [3.05, 3.63) is 75.0 Å². The maximum Gasteiger partial charge on any atom is 0.307 e. The fraction of sp³-hybridized carbons (Fsp3) is 0.190. The fourth-order valence-corrected chi connectivity index (χ4v) is 4.10. The molecular formula is C21H17Cl2N3O3. The van der Waals surface area contributed by atoms with Crippen molar-refractivity contribution in [1.29, 1.82) is 0 Å². The number of anilines is 1. The molecule has 3 aromatic rings. The molecule has 0 saturated carbocycles. The van der Waals surface area contributed by atoms with Gasteiger partial charge in [-0.05, 0) is 49.1 Å². The summed E-state index contributed by atoms with van der Waals surface area (Å²) in [4.78, 5) is 24.1. The number of benzene rings is 2. The van der Waals surface area contributed by atoms with Crippen LogP contribution in [0.15, 0.2) is 42.5 Å². The smallest absolute Gasteiger partial charge is 0.307 e. The van der Waals surface area contributed by atoms with E-state index in [9.17, 15) is 9.59 Å². The van der Waals surface area contributed by atoms with Gasteiger partial charge in [0.1, 0.15) is 0 Å². The Morgan fingerprint density at radius 3 is 2.69 bits per heavy atom. The summed E-state index contributed by atoms with van der Waals surface area (Å²) in [5.41, 5.74) is 3.84. The molecular weight excluding hydrogens is 413 g/mol. The third-order valence-corrected chi connectivity index (χ3v) is 5.43. The number of carbonyl (C=O) groups is 2. The highest BCUT2D eigenvalue weighted by molar-refractivity contribution is 6.35. The van der Waals surface area contributed by atoms with Crippen molar-refractivity contribution in [3.63, 3.8) is 0 Å². The molecule has 0 unspecified atom stereocenters. The lowest BCUT2D eigenvalue weighted by Gasteiger charge is -2.09. The Morgan fingerprint density at radius 1 is 1.14 bits per heavy atom. The summed E-state index contributed by atoms with van der Waals surface area (Å²) in [5.74, 6) is -1.33. The van der Waals surface area contributed by atoms with Crippen molar-refractivity contribution in [1.82, 2.24) is 9.78 Å². The zero-order valence-electron chi connectivity index (χ0n) is 15.3. The molecule has 0 saturated heterocycles. The van der Waals surface area contributed by atoms with Crippen LogP contribution in [-0.4, -0.2) is 26.8 Å². The quantitative estimate of drug-likeness (QED) is 0.622. The van der Waals surface area contributed by atoms with Crippen molar-refractivity contribution < 1.29 is 14.7 Å². The maximum absolute atomic E-state index is 13.0. The van der Waals surface area contributed by atoms with E-state index in [0.29, 0.717) is 32.7 Å². The molecule has 1 aromatic heterocycles. The molecule has 148 valence electrons. The number of amides is 1. The third-order valence-electron chi connectivity index (χ3n) is 4.89. The standard InChI is InChI=1S/C21H17Cl2N3O3/c22-13-8-9-18(15(23)11-13)26-17-7-3-5-14(17)20(25-26)21(29)24-16-6-2-1-4-12(16)10-19(27)28/h1-2,4,6,8-9,11H,3,5,7,10H2,(H,24,29)(H,27,28). The lowest BCUT2D eigenvalue weighted by molar-refractivity contribution is -0.136. The van der Waals surface area contributed by atoms with Crippen molar-refractivity contribution in [3.8, 4) is 5.69 Å². The molecule has 4 rings (SSSR count). The van der Waals surface area contributed by atoms with Crippen LogP contribution < -0.4 is 5.32 Å². The second-order valence-corrected chi connectivity index (χ2v) is 7.66. The topological polar surface area (TPSA) is 84.2 Å². The first kappa shape index (κ1) is 19.5. The molecule has 0 radical (unpaired) electrons. The number of hydrogen-bond acceptors (Lipinski definition) is 3. The third kappa shape index (κ3) is 3.86. The first-order valence-electron chi connectivity index (χ1n) is 9.11. The van der Waals surface area contributed by atoms with Gasteiger partial charge >= 0.3 is 5.97 Å². The summed E-state index contributed by atoms with van der Waals surface area (Å²) >= 11 is 12.4. The van der Waals surface area contributed by atoms with E-state index in [1.54, 1.807) is 47.1 Å². The van der Waals surface area contributed by atoms with Gasteiger partial charge in [-0.2, -0.15) is 5.10 Å². The van der Waals surface area contributed by atoms with Crippen LogP contribution in [0.1, 0.15) is 33.7 Å². The van der Waals surface area contributed by atoms with Gasteiger partial charge in [0.25, 0.3) is 5.91 Å². The Morgan fingerprint density at radius 2 is 1.93 bits per heavy atom. The molecule has 1 aliphatic rings. The number of para-hydroxylation sites is 1. The largest absolute Gasteiger partial charge is 0.481 e. The van der Waals surface area contributed by atoms with Gasteiger partial charge in [-0.3, -0.25) is 9.59 Å². The van der Waals surface area contributed by atoms with Gasteiger partial charge in [0, 0.05) is 22.0 Å². The number of carboxylic acid groups (broad SMARTS) is 1. The number of aromatic nitrogens is 2. The van der Waals surface area contributed by atoms with Gasteiger partial charge in [0.05, 0.1) is 17.1 Å². The minimum atomic E-state index is -0.964. The Bertz CT molecular complexity index is 1120. The molecule has 2 N–H and O–H groups in total. The highest BCUT2D eigenvalue weighted by Gasteiger charge is 2.28. The van der Waals surface area contributed by atoms with Gasteiger partial charge in [-0.15, -0.1) is 0 Å². The zero-order valence-corrected chi connectivity index (χ0v) is 16.8. The molecule has 0 spiro atoms. The summed E-state index contributed by atoms with van der Waals surface area (Å²) in [5, 5.41) is 17.4. The molecule has 0 fully saturated rings. The van der Waals surface area contributed by atoms with Crippen LogP contribution in [0.2, 0.25) is 10.0 Å². The van der Waals surface area contributed by atoms with Crippen LogP contribution in [0.5, 0.6) is 0 Å². The summed E-state index contributed by atoms with van der Waals surface area (Å²) in [7, 11) is 0. The minimum absolute atomic E-state index is 0.177.